The van der Waals surface area contributed by atoms with Crippen molar-refractivity contribution in [3.8, 4) is 0 Å². The molecule has 4 fully saturated rings. The largest absolute Gasteiger partial charge is 0.497 e. The molecule has 1 aromatic carbocycles. The van der Waals surface area contributed by atoms with E-state index in [0.29, 0.717) is 5.92 Å². The van der Waals surface area contributed by atoms with E-state index >= 15 is 0 Å². The first-order chi connectivity index (χ1) is 18.7. The minimum absolute atomic E-state index is 0.125. The molecule has 7 rings (SSSR count). The van der Waals surface area contributed by atoms with Crippen molar-refractivity contribution in [1.82, 2.24) is 19.7 Å². The van der Waals surface area contributed by atoms with E-state index in [-0.39, 0.29) is 5.91 Å². The number of nitrogens with one attached hydrogen (secondary N) is 1. The molecule has 0 spiro atoms. The molecule has 3 aliphatic heterocycles. The van der Waals surface area contributed by atoms with Crippen LogP contribution in [0.2, 0.25) is 0 Å². The highest BCUT2D eigenvalue weighted by atomic mass is 16.7. The van der Waals surface area contributed by atoms with Gasteiger partial charge in [0.05, 0.1) is 11.2 Å². The summed E-state index contributed by atoms with van der Waals surface area (Å²) in [6.07, 6.45) is 8.62. The van der Waals surface area contributed by atoms with Crippen LogP contribution in [0, 0.1) is 5.92 Å². The zero-order valence-corrected chi connectivity index (χ0v) is 24.1. The molecule has 0 unspecified atom stereocenters. The number of piperazine rings is 1. The second kappa shape index (κ2) is 9.47. The number of benzene rings is 1. The number of nitrogens with zero attached hydrogens (tertiary/aromatic N) is 3. The third-order valence-corrected chi connectivity index (χ3v) is 9.93. The van der Waals surface area contributed by atoms with Gasteiger partial charge in [-0.1, -0.05) is 6.08 Å². The normalized spacial score (nSPS) is 25.4. The minimum atomic E-state index is -0.517. The highest BCUT2D eigenvalue weighted by Crippen LogP contribution is 2.39. The lowest BCUT2D eigenvalue weighted by molar-refractivity contribution is 0.00578. The van der Waals surface area contributed by atoms with Gasteiger partial charge in [-0.15, -0.1) is 0 Å². The molecule has 7 nitrogen and oxygen atoms in total. The first kappa shape index (κ1) is 25.8. The highest BCUT2D eigenvalue weighted by Gasteiger charge is 2.52. The smallest absolute Gasteiger partial charge is 0.399 e. The Hall–Kier alpha value is -2.13. The maximum absolute atomic E-state index is 13.9. The summed E-state index contributed by atoms with van der Waals surface area (Å²) in [7, 11) is -0.517. The Balaban J connectivity index is 1.32. The number of rotatable bonds is 6. The number of amides is 1. The molecule has 208 valence electrons. The number of hydrogen-bond donors (Lipinski definition) is 1. The molecule has 1 N–H and O–H groups in total. The van der Waals surface area contributed by atoms with Crippen LogP contribution in [-0.4, -0.2) is 83.9 Å². The Morgan fingerprint density at radius 3 is 2.33 bits per heavy atom. The SMILES string of the molecule is CC1(C)OB(c2cc(C(=O)N3CCN(C4CC4)CC3)cc3cc(C4=CCCNC4)n(CC4CC4)c23)OC1(C)C. The second-order valence-electron chi connectivity index (χ2n) is 13.4. The van der Waals surface area contributed by atoms with Gasteiger partial charge in [0.2, 0.25) is 0 Å². The number of carbonyl (C=O) groups excluding carboxylic acids is 1. The van der Waals surface area contributed by atoms with Gasteiger partial charge in [0.25, 0.3) is 5.91 Å². The minimum Gasteiger partial charge on any atom is -0.399 e. The summed E-state index contributed by atoms with van der Waals surface area (Å²) in [6.45, 7) is 14.9. The van der Waals surface area contributed by atoms with E-state index in [9.17, 15) is 4.79 Å². The zero-order valence-electron chi connectivity index (χ0n) is 24.1. The third-order valence-electron chi connectivity index (χ3n) is 9.93. The predicted octanol–water partition coefficient (Wildman–Crippen LogP) is 3.65. The standard InChI is InChI=1S/C31H43BN4O3/c1-30(2)31(3,4)39-32(38-30)26-17-24(29(37)35-14-12-34(13-15-35)25-9-10-25)16-23-18-27(22-6-5-11-33-19-22)36(28(23)26)20-21-7-8-21/h6,16-18,21,25,33H,5,7-15,19-20H2,1-4H3. The van der Waals surface area contributed by atoms with Crippen LogP contribution in [-0.2, 0) is 15.9 Å². The first-order valence-electron chi connectivity index (χ1n) is 15.2. The number of aromatic nitrogens is 1. The van der Waals surface area contributed by atoms with Crippen molar-refractivity contribution in [3.05, 3.63) is 35.5 Å². The molecule has 0 radical (unpaired) electrons. The van der Waals surface area contributed by atoms with E-state index in [1.165, 1.54) is 37.0 Å². The Labute approximate surface area is 233 Å². The molecule has 2 saturated heterocycles. The monoisotopic (exact) mass is 530 g/mol. The molecule has 0 atom stereocenters. The van der Waals surface area contributed by atoms with Gasteiger partial charge in [0.1, 0.15) is 0 Å². The van der Waals surface area contributed by atoms with Gasteiger partial charge in [0.15, 0.2) is 0 Å². The number of carbonyl (C=O) groups is 1. The van der Waals surface area contributed by atoms with Crippen LogP contribution in [0.15, 0.2) is 24.3 Å². The maximum atomic E-state index is 13.9. The van der Waals surface area contributed by atoms with Crippen LogP contribution in [0.1, 0.15) is 75.9 Å². The van der Waals surface area contributed by atoms with Gasteiger partial charge in [-0.25, -0.2) is 0 Å². The molecule has 1 amide bonds. The summed E-state index contributed by atoms with van der Waals surface area (Å²) in [5.74, 6) is 0.840. The summed E-state index contributed by atoms with van der Waals surface area (Å²) in [6, 6.07) is 7.28. The fourth-order valence-corrected chi connectivity index (χ4v) is 6.49. The fraction of sp³-hybridized carbons (Fsp3) is 0.645. The van der Waals surface area contributed by atoms with Crippen molar-refractivity contribution in [2.75, 3.05) is 39.3 Å². The number of hydrogen-bond acceptors (Lipinski definition) is 5. The average Bonchev–Trinajstić information content (AvgIpc) is 3.85. The van der Waals surface area contributed by atoms with Crippen molar-refractivity contribution in [2.24, 2.45) is 5.92 Å². The first-order valence-corrected chi connectivity index (χ1v) is 15.2. The van der Waals surface area contributed by atoms with E-state index in [0.717, 1.165) is 80.2 Å². The molecular formula is C31H43BN4O3. The zero-order chi connectivity index (χ0) is 26.9. The third kappa shape index (κ3) is 4.77. The van der Waals surface area contributed by atoms with E-state index in [1.54, 1.807) is 0 Å². The molecule has 4 heterocycles. The van der Waals surface area contributed by atoms with Crippen molar-refractivity contribution >= 4 is 35.0 Å². The highest BCUT2D eigenvalue weighted by molar-refractivity contribution is 6.65. The van der Waals surface area contributed by atoms with E-state index in [1.807, 2.05) is 4.90 Å². The Morgan fingerprint density at radius 2 is 1.72 bits per heavy atom. The van der Waals surface area contributed by atoms with E-state index in [4.69, 9.17) is 9.31 Å². The Bertz CT molecular complexity index is 1300. The summed E-state index contributed by atoms with van der Waals surface area (Å²) < 4.78 is 15.8. The van der Waals surface area contributed by atoms with Crippen LogP contribution < -0.4 is 10.8 Å². The maximum Gasteiger partial charge on any atom is 0.497 e. The Morgan fingerprint density at radius 1 is 1.00 bits per heavy atom. The van der Waals surface area contributed by atoms with Gasteiger partial charge in [-0.3, -0.25) is 9.69 Å². The second-order valence-corrected chi connectivity index (χ2v) is 13.4. The topological polar surface area (TPSA) is 59.0 Å². The van der Waals surface area contributed by atoms with Crippen LogP contribution >= 0.6 is 0 Å². The average molecular weight is 531 g/mol. The van der Waals surface area contributed by atoms with Gasteiger partial charge in [-0.2, -0.15) is 0 Å². The molecule has 2 aromatic rings. The summed E-state index contributed by atoms with van der Waals surface area (Å²) in [5, 5.41) is 4.67. The molecular weight excluding hydrogens is 487 g/mol. The van der Waals surface area contributed by atoms with Crippen LogP contribution in [0.25, 0.3) is 16.5 Å². The fourth-order valence-electron chi connectivity index (χ4n) is 6.49. The van der Waals surface area contributed by atoms with Gasteiger partial charge < -0.3 is 24.1 Å². The van der Waals surface area contributed by atoms with E-state index in [2.05, 4.69) is 66.8 Å². The van der Waals surface area contributed by atoms with Crippen LogP contribution in [0.5, 0.6) is 0 Å². The van der Waals surface area contributed by atoms with E-state index < -0.39 is 18.3 Å². The lowest BCUT2D eigenvalue weighted by Gasteiger charge is -2.35. The molecule has 2 aliphatic carbocycles. The summed E-state index contributed by atoms with van der Waals surface area (Å²) in [4.78, 5) is 18.5. The van der Waals surface area contributed by atoms with Gasteiger partial charge >= 0.3 is 7.12 Å². The number of fused-ring (bicyclic) bond motifs is 1. The molecule has 0 bridgehead atoms. The van der Waals surface area contributed by atoms with Gasteiger partial charge in [-0.05, 0) is 96.0 Å². The summed E-state index contributed by atoms with van der Waals surface area (Å²) in [5.41, 5.74) is 4.62. The van der Waals surface area contributed by atoms with Crippen molar-refractivity contribution in [3.63, 3.8) is 0 Å². The van der Waals surface area contributed by atoms with Crippen LogP contribution in [0.3, 0.4) is 0 Å². The molecule has 8 heteroatoms. The molecule has 1 aromatic heterocycles. The summed E-state index contributed by atoms with van der Waals surface area (Å²) >= 11 is 0. The van der Waals surface area contributed by atoms with Crippen molar-refractivity contribution in [2.45, 2.75) is 83.6 Å². The van der Waals surface area contributed by atoms with Gasteiger partial charge in [0, 0.05) is 72.9 Å². The molecule has 5 aliphatic rings. The Kier molecular flexibility index (Phi) is 6.27. The molecule has 2 saturated carbocycles. The predicted molar refractivity (Wildman–Crippen MR) is 156 cm³/mol. The lowest BCUT2D eigenvalue weighted by atomic mass is 9.76. The molecule has 39 heavy (non-hydrogen) atoms. The quantitative estimate of drug-likeness (QED) is 0.578. The lowest BCUT2D eigenvalue weighted by Crippen LogP contribution is -2.49. The van der Waals surface area contributed by atoms with Crippen LogP contribution in [0.4, 0.5) is 0 Å². The van der Waals surface area contributed by atoms with Crippen molar-refractivity contribution in [1.29, 1.82) is 0 Å². The van der Waals surface area contributed by atoms with Crippen molar-refractivity contribution < 1.29 is 14.1 Å².